The van der Waals surface area contributed by atoms with E-state index in [1.807, 2.05) is 0 Å². The topological polar surface area (TPSA) is 62.3 Å². The number of amides is 3. The van der Waals surface area contributed by atoms with Crippen LogP contribution in [0.2, 0.25) is 0 Å². The van der Waals surface area contributed by atoms with Gasteiger partial charge in [0.25, 0.3) is 0 Å². The summed E-state index contributed by atoms with van der Waals surface area (Å²) in [6, 6.07) is -0.617. The van der Waals surface area contributed by atoms with Crippen molar-refractivity contribution in [1.29, 1.82) is 0 Å². The quantitative estimate of drug-likeness (QED) is 0.843. The third kappa shape index (κ3) is 2.28. The molecule has 0 aliphatic carbocycles. The number of imide groups is 1. The van der Waals surface area contributed by atoms with Crippen molar-refractivity contribution in [3.8, 4) is 0 Å². The maximum Gasteiger partial charge on any atom is 0.328 e. The number of nitrogens with one attached hydrogen (secondary N) is 1. The van der Waals surface area contributed by atoms with E-state index < -0.39 is 11.8 Å². The molecule has 7 heteroatoms. The van der Waals surface area contributed by atoms with Crippen molar-refractivity contribution in [2.24, 2.45) is 0 Å². The van der Waals surface area contributed by atoms with E-state index in [9.17, 15) is 14.0 Å². The number of pyridine rings is 1. The zero-order valence-electron chi connectivity index (χ0n) is 8.74. The first-order valence-corrected chi connectivity index (χ1v) is 6.05. The molecule has 1 aliphatic rings. The molecular formula is C10H9BrFN3O2. The van der Waals surface area contributed by atoms with Gasteiger partial charge in [0.15, 0.2) is 5.82 Å². The molecule has 1 aliphatic heterocycles. The number of alkyl halides is 1. The van der Waals surface area contributed by atoms with Crippen LogP contribution in [0.5, 0.6) is 0 Å². The summed E-state index contributed by atoms with van der Waals surface area (Å²) in [5.41, 5.74) is 0.458. The predicted molar refractivity (Wildman–Crippen MR) is 62.3 cm³/mol. The van der Waals surface area contributed by atoms with Gasteiger partial charge in [-0.1, -0.05) is 15.9 Å². The number of aromatic nitrogens is 1. The molecule has 0 atom stereocenters. The number of anilines is 1. The second-order valence-electron chi connectivity index (χ2n) is 3.52. The van der Waals surface area contributed by atoms with Crippen molar-refractivity contribution in [2.45, 2.75) is 11.8 Å². The Kier molecular flexibility index (Phi) is 3.37. The maximum atomic E-state index is 14.0. The lowest BCUT2D eigenvalue weighted by Gasteiger charge is -2.26. The average Bonchev–Trinajstić information content (AvgIpc) is 2.30. The van der Waals surface area contributed by atoms with Crippen LogP contribution >= 0.6 is 15.9 Å². The summed E-state index contributed by atoms with van der Waals surface area (Å²) in [5.74, 6) is -0.849. The molecule has 1 aromatic heterocycles. The number of nitrogens with zero attached hydrogens (tertiary/aromatic N) is 2. The largest absolute Gasteiger partial charge is 0.328 e. The zero-order chi connectivity index (χ0) is 12.4. The van der Waals surface area contributed by atoms with Gasteiger partial charge in [-0.15, -0.1) is 0 Å². The molecule has 2 heterocycles. The summed E-state index contributed by atoms with van der Waals surface area (Å²) < 4.78 is 14.0. The van der Waals surface area contributed by atoms with Crippen LogP contribution in [0.15, 0.2) is 12.4 Å². The van der Waals surface area contributed by atoms with Gasteiger partial charge in [0.1, 0.15) is 0 Å². The van der Waals surface area contributed by atoms with E-state index in [0.717, 1.165) is 0 Å². The summed E-state index contributed by atoms with van der Waals surface area (Å²) in [6.45, 7) is 0.162. The fourth-order valence-electron chi connectivity index (χ4n) is 1.55. The van der Waals surface area contributed by atoms with Crippen LogP contribution in [-0.4, -0.2) is 23.5 Å². The first kappa shape index (κ1) is 12.0. The van der Waals surface area contributed by atoms with Crippen molar-refractivity contribution in [3.63, 3.8) is 0 Å². The number of rotatable bonds is 2. The van der Waals surface area contributed by atoms with Crippen molar-refractivity contribution in [3.05, 3.63) is 23.8 Å². The van der Waals surface area contributed by atoms with E-state index >= 15 is 0 Å². The lowest BCUT2D eigenvalue weighted by molar-refractivity contribution is -0.120. The highest BCUT2D eigenvalue weighted by atomic mass is 79.9. The fraction of sp³-hybridized carbons (Fsp3) is 0.300. The first-order chi connectivity index (χ1) is 8.13. The summed E-state index contributed by atoms with van der Waals surface area (Å²) in [4.78, 5) is 27.6. The van der Waals surface area contributed by atoms with Gasteiger partial charge in [0.05, 0.1) is 11.9 Å². The molecule has 1 aromatic rings. The van der Waals surface area contributed by atoms with E-state index in [2.05, 4.69) is 26.2 Å². The van der Waals surface area contributed by atoms with Gasteiger partial charge in [-0.25, -0.2) is 9.18 Å². The van der Waals surface area contributed by atoms with E-state index in [1.165, 1.54) is 17.3 Å². The number of urea groups is 1. The first-order valence-electron chi connectivity index (χ1n) is 4.93. The van der Waals surface area contributed by atoms with Crippen LogP contribution in [0, 0.1) is 5.82 Å². The fourth-order valence-corrected chi connectivity index (χ4v) is 1.94. The van der Waals surface area contributed by atoms with E-state index in [1.54, 1.807) is 0 Å². The Morgan fingerprint density at radius 2 is 2.24 bits per heavy atom. The van der Waals surface area contributed by atoms with Crippen LogP contribution in [0.4, 0.5) is 14.9 Å². The Morgan fingerprint density at radius 3 is 2.88 bits per heavy atom. The number of carbonyl (C=O) groups is 2. The third-order valence-corrected chi connectivity index (χ3v) is 3.03. The minimum Gasteiger partial charge on any atom is -0.289 e. The van der Waals surface area contributed by atoms with Gasteiger partial charge < -0.3 is 0 Å². The van der Waals surface area contributed by atoms with Crippen LogP contribution in [0.3, 0.4) is 0 Å². The third-order valence-electron chi connectivity index (χ3n) is 2.42. The molecule has 5 nitrogen and oxygen atoms in total. The molecule has 2 rings (SSSR count). The standard InChI is InChI=1S/C10H9BrFN3O2/c11-3-6-4-13-5-7(9(6)12)15-2-1-8(16)14-10(15)17/h4-5H,1-3H2,(H,14,16,17). The lowest BCUT2D eigenvalue weighted by Crippen LogP contribution is -2.50. The van der Waals surface area contributed by atoms with Crippen LogP contribution in [-0.2, 0) is 10.1 Å². The predicted octanol–water partition coefficient (Wildman–Crippen LogP) is 1.56. The minimum atomic E-state index is -0.617. The zero-order valence-corrected chi connectivity index (χ0v) is 10.3. The molecule has 17 heavy (non-hydrogen) atoms. The Hall–Kier alpha value is -1.50. The Bertz CT molecular complexity index is 481. The molecule has 0 saturated carbocycles. The molecule has 0 spiro atoms. The van der Waals surface area contributed by atoms with Crippen molar-refractivity contribution >= 4 is 33.6 Å². The van der Waals surface area contributed by atoms with Crippen molar-refractivity contribution < 1.29 is 14.0 Å². The molecule has 0 unspecified atom stereocenters. The van der Waals surface area contributed by atoms with E-state index in [-0.39, 0.29) is 24.6 Å². The molecule has 0 aromatic carbocycles. The molecule has 1 saturated heterocycles. The monoisotopic (exact) mass is 301 g/mol. The Labute approximate surface area is 105 Å². The van der Waals surface area contributed by atoms with Gasteiger partial charge in [-0.2, -0.15) is 0 Å². The second-order valence-corrected chi connectivity index (χ2v) is 4.08. The summed E-state index contributed by atoms with van der Waals surface area (Å²) in [5, 5.41) is 2.45. The van der Waals surface area contributed by atoms with Crippen molar-refractivity contribution in [1.82, 2.24) is 10.3 Å². The average molecular weight is 302 g/mol. The smallest absolute Gasteiger partial charge is 0.289 e. The number of hydrogen-bond acceptors (Lipinski definition) is 3. The number of carbonyl (C=O) groups excluding carboxylic acids is 2. The number of hydrogen-bond donors (Lipinski definition) is 1. The maximum absolute atomic E-state index is 14.0. The Morgan fingerprint density at radius 1 is 1.47 bits per heavy atom. The molecule has 0 radical (unpaired) electrons. The highest BCUT2D eigenvalue weighted by Crippen LogP contribution is 2.23. The van der Waals surface area contributed by atoms with Crippen LogP contribution < -0.4 is 10.2 Å². The van der Waals surface area contributed by atoms with Gasteiger partial charge in [-0.05, 0) is 0 Å². The molecule has 90 valence electrons. The van der Waals surface area contributed by atoms with Gasteiger partial charge in [-0.3, -0.25) is 20.0 Å². The minimum absolute atomic E-state index is 0.0898. The van der Waals surface area contributed by atoms with E-state index in [0.29, 0.717) is 10.9 Å². The highest BCUT2D eigenvalue weighted by Gasteiger charge is 2.27. The summed E-state index contributed by atoms with van der Waals surface area (Å²) in [6.07, 6.45) is 2.82. The second kappa shape index (κ2) is 4.79. The van der Waals surface area contributed by atoms with Gasteiger partial charge in [0, 0.05) is 30.1 Å². The van der Waals surface area contributed by atoms with Crippen molar-refractivity contribution in [2.75, 3.05) is 11.4 Å². The van der Waals surface area contributed by atoms with Crippen LogP contribution in [0.25, 0.3) is 0 Å². The lowest BCUT2D eigenvalue weighted by atomic mass is 10.2. The molecule has 1 N–H and O–H groups in total. The molecular weight excluding hydrogens is 293 g/mol. The SMILES string of the molecule is O=C1CCN(c2cncc(CBr)c2F)C(=O)N1. The normalized spacial score (nSPS) is 16.0. The summed E-state index contributed by atoms with van der Waals surface area (Å²) >= 11 is 3.14. The number of halogens is 2. The van der Waals surface area contributed by atoms with Gasteiger partial charge in [0.2, 0.25) is 5.91 Å². The molecule has 1 fully saturated rings. The molecule has 0 bridgehead atoms. The van der Waals surface area contributed by atoms with Gasteiger partial charge >= 0.3 is 6.03 Å². The summed E-state index contributed by atoms with van der Waals surface area (Å²) in [7, 11) is 0. The van der Waals surface area contributed by atoms with E-state index in [4.69, 9.17) is 0 Å². The highest BCUT2D eigenvalue weighted by molar-refractivity contribution is 9.08. The van der Waals surface area contributed by atoms with Crippen LogP contribution in [0.1, 0.15) is 12.0 Å². The Balaban J connectivity index is 2.34. The molecule has 3 amide bonds.